The number of halogens is 2. The van der Waals surface area contributed by atoms with Crippen LogP contribution in [0.1, 0.15) is 83.3 Å². The number of nitrogens with zero attached hydrogens (tertiary/aromatic N) is 1. The lowest BCUT2D eigenvalue weighted by molar-refractivity contribution is 0.346. The zero-order valence-electron chi connectivity index (χ0n) is 17.4. The molecule has 0 spiro atoms. The Labute approximate surface area is 192 Å². The number of hydrogen-bond donors (Lipinski definition) is 0. The molecule has 1 aromatic heterocycles. The molecule has 146 valence electrons. The van der Waals surface area contributed by atoms with E-state index in [4.69, 9.17) is 4.98 Å². The molecule has 1 aliphatic rings. The Hall–Kier alpha value is -0.170. The minimum absolute atomic E-state index is 0.0153. The largest absolute Gasteiger partial charge is 0.255 e. The Morgan fingerprint density at radius 1 is 0.889 bits per heavy atom. The highest BCUT2D eigenvalue weighted by molar-refractivity contribution is 14.2. The van der Waals surface area contributed by atoms with Gasteiger partial charge in [0.25, 0.3) is 0 Å². The molecule has 1 aromatic carbocycles. The highest BCUT2D eigenvalue weighted by Crippen LogP contribution is 2.54. The number of fused-ring (bicyclic) bond motifs is 1. The standard InChI is InChI=1S/C24H31I2N/c1-21(2,3)19-12-9-13-20(27-19)24(25,26)15-14-23(6)16-22(4,5)17-10-7-8-11-18(17)23/h7-13H,14-16H2,1-6H3/t23-/m0/s1. The van der Waals surface area contributed by atoms with Crippen LogP contribution in [0.4, 0.5) is 0 Å². The van der Waals surface area contributed by atoms with Crippen molar-refractivity contribution >= 4 is 45.2 Å². The summed E-state index contributed by atoms with van der Waals surface area (Å²) in [7, 11) is 0. The van der Waals surface area contributed by atoms with Crippen LogP contribution >= 0.6 is 45.2 Å². The lowest BCUT2D eigenvalue weighted by Crippen LogP contribution is -2.25. The van der Waals surface area contributed by atoms with Gasteiger partial charge in [0.2, 0.25) is 0 Å². The molecule has 0 radical (unpaired) electrons. The summed E-state index contributed by atoms with van der Waals surface area (Å²) < 4.78 is 0.0153. The molecule has 0 saturated carbocycles. The third-order valence-corrected chi connectivity index (χ3v) is 8.21. The molecular weight excluding hydrogens is 556 g/mol. The molecule has 1 heterocycles. The summed E-state index contributed by atoms with van der Waals surface area (Å²) in [5, 5.41) is 0. The van der Waals surface area contributed by atoms with Gasteiger partial charge in [0, 0.05) is 11.1 Å². The van der Waals surface area contributed by atoms with Gasteiger partial charge in [-0.15, -0.1) is 0 Å². The van der Waals surface area contributed by atoms with Crippen LogP contribution in [0.3, 0.4) is 0 Å². The summed E-state index contributed by atoms with van der Waals surface area (Å²) in [6.07, 6.45) is 3.52. The van der Waals surface area contributed by atoms with Crippen LogP contribution in [0.2, 0.25) is 0 Å². The van der Waals surface area contributed by atoms with Crippen LogP contribution in [0.25, 0.3) is 0 Å². The molecule has 1 nitrogen and oxygen atoms in total. The summed E-state index contributed by atoms with van der Waals surface area (Å²) >= 11 is 5.22. The van der Waals surface area contributed by atoms with Crippen molar-refractivity contribution in [2.75, 3.05) is 0 Å². The highest BCUT2D eigenvalue weighted by Gasteiger charge is 2.45. The van der Waals surface area contributed by atoms with Crippen molar-refractivity contribution in [3.63, 3.8) is 0 Å². The van der Waals surface area contributed by atoms with E-state index in [1.807, 2.05) is 0 Å². The number of alkyl halides is 2. The third-order valence-electron chi connectivity index (χ3n) is 6.02. The van der Waals surface area contributed by atoms with Gasteiger partial charge in [-0.05, 0) is 53.4 Å². The fourth-order valence-corrected chi connectivity index (χ4v) is 5.75. The van der Waals surface area contributed by atoms with Gasteiger partial charge in [0.15, 0.2) is 0 Å². The van der Waals surface area contributed by atoms with Crippen LogP contribution in [0.5, 0.6) is 0 Å². The fraction of sp³-hybridized carbons (Fsp3) is 0.542. The van der Waals surface area contributed by atoms with Gasteiger partial charge in [0.05, 0.1) is 5.69 Å². The van der Waals surface area contributed by atoms with E-state index in [1.165, 1.54) is 29.8 Å². The van der Waals surface area contributed by atoms with Gasteiger partial charge in [-0.25, -0.2) is 0 Å². The SMILES string of the molecule is CC(C)(C)c1cccc(C(I)(I)CC[C@@]2(C)CC(C)(C)c3ccccc32)n1. The Morgan fingerprint density at radius 3 is 2.11 bits per heavy atom. The first-order valence-electron chi connectivity index (χ1n) is 9.81. The summed E-state index contributed by atoms with van der Waals surface area (Å²) in [5.74, 6) is 0. The molecule has 1 aliphatic carbocycles. The maximum atomic E-state index is 5.04. The predicted octanol–water partition coefficient (Wildman–Crippen LogP) is 7.82. The smallest absolute Gasteiger partial charge is 0.115 e. The summed E-state index contributed by atoms with van der Waals surface area (Å²) in [5.41, 5.74) is 6.04. The molecule has 0 fully saturated rings. The van der Waals surface area contributed by atoms with Crippen molar-refractivity contribution in [3.8, 4) is 0 Å². The molecule has 27 heavy (non-hydrogen) atoms. The Morgan fingerprint density at radius 2 is 1.48 bits per heavy atom. The molecule has 0 saturated heterocycles. The number of rotatable bonds is 4. The number of hydrogen-bond acceptors (Lipinski definition) is 1. The lowest BCUT2D eigenvalue weighted by atomic mass is 9.76. The molecule has 2 aromatic rings. The fourth-order valence-electron chi connectivity index (χ4n) is 4.61. The van der Waals surface area contributed by atoms with Gasteiger partial charge in [-0.1, -0.05) is 117 Å². The van der Waals surface area contributed by atoms with E-state index in [0.29, 0.717) is 0 Å². The van der Waals surface area contributed by atoms with Crippen LogP contribution < -0.4 is 0 Å². The van der Waals surface area contributed by atoms with Gasteiger partial charge in [0.1, 0.15) is 1.43 Å². The highest BCUT2D eigenvalue weighted by atomic mass is 127. The van der Waals surface area contributed by atoms with Gasteiger partial charge in [-0.3, -0.25) is 4.98 Å². The van der Waals surface area contributed by atoms with Crippen LogP contribution in [0.15, 0.2) is 42.5 Å². The number of pyridine rings is 1. The predicted molar refractivity (Wildman–Crippen MR) is 133 cm³/mol. The van der Waals surface area contributed by atoms with Crippen molar-refractivity contribution < 1.29 is 0 Å². The van der Waals surface area contributed by atoms with Gasteiger partial charge in [-0.2, -0.15) is 0 Å². The Kier molecular flexibility index (Phi) is 5.79. The van der Waals surface area contributed by atoms with Crippen molar-refractivity contribution in [3.05, 3.63) is 65.0 Å². The van der Waals surface area contributed by atoms with Crippen LogP contribution in [-0.2, 0) is 17.7 Å². The second-order valence-electron chi connectivity index (χ2n) is 10.0. The monoisotopic (exact) mass is 587 g/mol. The minimum Gasteiger partial charge on any atom is -0.255 e. The van der Waals surface area contributed by atoms with E-state index in [-0.39, 0.29) is 17.7 Å². The average molecular weight is 587 g/mol. The molecule has 0 N–H and O–H groups in total. The van der Waals surface area contributed by atoms with E-state index >= 15 is 0 Å². The molecule has 3 rings (SSSR count). The maximum absolute atomic E-state index is 5.04. The Balaban J connectivity index is 1.84. The second kappa shape index (κ2) is 7.26. The molecule has 0 aliphatic heterocycles. The normalized spacial score (nSPS) is 21.9. The van der Waals surface area contributed by atoms with Crippen molar-refractivity contribution in [2.24, 2.45) is 0 Å². The van der Waals surface area contributed by atoms with E-state index < -0.39 is 0 Å². The van der Waals surface area contributed by atoms with E-state index in [1.54, 1.807) is 5.56 Å². The van der Waals surface area contributed by atoms with Gasteiger partial charge < -0.3 is 0 Å². The zero-order chi connectivity index (χ0) is 20.1. The first-order valence-corrected chi connectivity index (χ1v) is 12.0. The quantitative estimate of drug-likeness (QED) is 0.263. The molecule has 3 heteroatoms. The Bertz CT molecular complexity index is 832. The molecule has 1 atom stereocenters. The third kappa shape index (κ3) is 4.39. The molecule has 0 amide bonds. The average Bonchev–Trinajstić information content (AvgIpc) is 2.80. The van der Waals surface area contributed by atoms with Crippen LogP contribution in [0, 0.1) is 0 Å². The molecule has 0 unspecified atom stereocenters. The first-order chi connectivity index (χ1) is 12.4. The van der Waals surface area contributed by atoms with Crippen molar-refractivity contribution in [1.29, 1.82) is 0 Å². The summed E-state index contributed by atoms with van der Waals surface area (Å²) in [4.78, 5) is 5.04. The summed E-state index contributed by atoms with van der Waals surface area (Å²) in [6.45, 7) is 14.0. The number of benzene rings is 1. The van der Waals surface area contributed by atoms with Crippen molar-refractivity contribution in [2.45, 2.75) is 78.5 Å². The minimum atomic E-state index is 0.0153. The second-order valence-corrected chi connectivity index (χ2v) is 15.8. The zero-order valence-corrected chi connectivity index (χ0v) is 21.7. The summed E-state index contributed by atoms with van der Waals surface area (Å²) in [6, 6.07) is 15.6. The molecular formula is C24H31I2N. The molecule has 0 bridgehead atoms. The number of aromatic nitrogens is 1. The van der Waals surface area contributed by atoms with Crippen LogP contribution in [-0.4, -0.2) is 4.98 Å². The van der Waals surface area contributed by atoms with E-state index in [9.17, 15) is 0 Å². The van der Waals surface area contributed by atoms with E-state index in [2.05, 4.69) is 129 Å². The topological polar surface area (TPSA) is 12.9 Å². The van der Waals surface area contributed by atoms with E-state index in [0.717, 1.165) is 6.42 Å². The first kappa shape index (κ1) is 21.5. The lowest BCUT2D eigenvalue weighted by Gasteiger charge is -2.31. The maximum Gasteiger partial charge on any atom is 0.115 e. The van der Waals surface area contributed by atoms with Crippen molar-refractivity contribution in [1.82, 2.24) is 4.98 Å². The van der Waals surface area contributed by atoms with Gasteiger partial charge >= 0.3 is 0 Å².